The largest absolute Gasteiger partial charge is 0.462 e. The molecule has 0 aromatic carbocycles. The zero-order valence-electron chi connectivity index (χ0n) is 14.3. The smallest absolute Gasteiger partial charge is 0.348 e. The van der Waals surface area contributed by atoms with Gasteiger partial charge in [0.05, 0.1) is 18.7 Å². The second-order valence-electron chi connectivity index (χ2n) is 6.10. The first-order chi connectivity index (χ1) is 11.5. The van der Waals surface area contributed by atoms with Crippen LogP contribution in [0.4, 0.5) is 5.00 Å². The summed E-state index contributed by atoms with van der Waals surface area (Å²) in [5.41, 5.74) is 0.895. The van der Waals surface area contributed by atoms with Crippen LogP contribution in [-0.2, 0) is 9.53 Å². The first-order valence-corrected chi connectivity index (χ1v) is 9.00. The fourth-order valence-corrected chi connectivity index (χ4v) is 3.78. The van der Waals surface area contributed by atoms with Gasteiger partial charge in [-0.3, -0.25) is 9.69 Å². The normalized spacial score (nSPS) is 15.8. The summed E-state index contributed by atoms with van der Waals surface area (Å²) in [6.45, 7) is 8.06. The van der Waals surface area contributed by atoms with Crippen molar-refractivity contribution in [2.45, 2.75) is 33.6 Å². The number of amides is 1. The number of hydrogen-bond acceptors (Lipinski definition) is 6. The van der Waals surface area contributed by atoms with Crippen LogP contribution in [0.25, 0.3) is 0 Å². The Morgan fingerprint density at radius 2 is 2.08 bits per heavy atom. The second-order valence-corrected chi connectivity index (χ2v) is 7.12. The van der Waals surface area contributed by atoms with Gasteiger partial charge in [0, 0.05) is 0 Å². The first-order valence-electron chi connectivity index (χ1n) is 8.19. The van der Waals surface area contributed by atoms with E-state index in [1.807, 2.05) is 0 Å². The lowest BCUT2D eigenvalue weighted by Gasteiger charge is -2.29. The van der Waals surface area contributed by atoms with Crippen LogP contribution in [0.2, 0.25) is 0 Å². The van der Waals surface area contributed by atoms with Gasteiger partial charge in [0.2, 0.25) is 5.91 Å². The molecule has 0 spiro atoms. The Hall–Kier alpha value is -1.91. The maximum atomic E-state index is 12.3. The molecule has 0 atom stereocenters. The van der Waals surface area contributed by atoms with Crippen molar-refractivity contribution in [3.8, 4) is 6.07 Å². The molecule has 1 amide bonds. The molecule has 1 fully saturated rings. The van der Waals surface area contributed by atoms with E-state index in [-0.39, 0.29) is 12.5 Å². The predicted octanol–water partition coefficient (Wildman–Crippen LogP) is 2.78. The summed E-state index contributed by atoms with van der Waals surface area (Å²) in [6.07, 6.45) is 2.20. The van der Waals surface area contributed by atoms with Gasteiger partial charge in [0.1, 0.15) is 15.9 Å². The summed E-state index contributed by atoms with van der Waals surface area (Å²) in [4.78, 5) is 26.7. The SMILES string of the molecule is CCOC(=O)c1sc(NC(=O)CN2CCC(C)CC2)c(C#N)c1C. The molecule has 2 rings (SSSR count). The molecule has 1 aliphatic rings. The fraction of sp³-hybridized carbons (Fsp3) is 0.588. The molecule has 1 saturated heterocycles. The molecule has 1 aromatic rings. The van der Waals surface area contributed by atoms with Gasteiger partial charge in [0.25, 0.3) is 0 Å². The number of hydrogen-bond donors (Lipinski definition) is 1. The van der Waals surface area contributed by atoms with Crippen LogP contribution in [0.1, 0.15) is 47.5 Å². The third-order valence-corrected chi connectivity index (χ3v) is 5.40. The Balaban J connectivity index is 2.06. The van der Waals surface area contributed by atoms with Crippen LogP contribution < -0.4 is 5.32 Å². The van der Waals surface area contributed by atoms with Crippen molar-refractivity contribution in [3.63, 3.8) is 0 Å². The second kappa shape index (κ2) is 8.27. The number of ether oxygens (including phenoxy) is 1. The van der Waals surface area contributed by atoms with Gasteiger partial charge in [-0.05, 0) is 51.3 Å². The van der Waals surface area contributed by atoms with Gasteiger partial charge in [0.15, 0.2) is 0 Å². The van der Waals surface area contributed by atoms with E-state index < -0.39 is 5.97 Å². The zero-order valence-corrected chi connectivity index (χ0v) is 15.2. The minimum Gasteiger partial charge on any atom is -0.462 e. The summed E-state index contributed by atoms with van der Waals surface area (Å²) in [5, 5.41) is 12.5. The molecule has 0 unspecified atom stereocenters. The van der Waals surface area contributed by atoms with Crippen LogP contribution in [0.5, 0.6) is 0 Å². The van der Waals surface area contributed by atoms with Crippen molar-refractivity contribution < 1.29 is 14.3 Å². The van der Waals surface area contributed by atoms with Crippen molar-refractivity contribution in [1.82, 2.24) is 4.90 Å². The lowest BCUT2D eigenvalue weighted by atomic mass is 9.99. The minimum atomic E-state index is -0.456. The molecule has 1 N–H and O–H groups in total. The van der Waals surface area contributed by atoms with Gasteiger partial charge in [-0.25, -0.2) is 4.79 Å². The Morgan fingerprint density at radius 1 is 1.42 bits per heavy atom. The molecule has 1 aromatic heterocycles. The first kappa shape index (κ1) is 18.4. The number of piperidine rings is 1. The van der Waals surface area contributed by atoms with E-state index in [2.05, 4.69) is 23.2 Å². The summed E-state index contributed by atoms with van der Waals surface area (Å²) in [5.74, 6) is 0.0984. The van der Waals surface area contributed by atoms with E-state index in [1.165, 1.54) is 0 Å². The molecular formula is C17H23N3O3S. The third-order valence-electron chi connectivity index (χ3n) is 4.22. The van der Waals surface area contributed by atoms with Crippen LogP contribution in [0.15, 0.2) is 0 Å². The zero-order chi connectivity index (χ0) is 17.7. The Morgan fingerprint density at radius 3 is 2.67 bits per heavy atom. The number of anilines is 1. The van der Waals surface area contributed by atoms with E-state index in [4.69, 9.17) is 4.74 Å². The maximum absolute atomic E-state index is 12.3. The minimum absolute atomic E-state index is 0.155. The monoisotopic (exact) mass is 349 g/mol. The summed E-state index contributed by atoms with van der Waals surface area (Å²) in [6, 6.07) is 2.07. The van der Waals surface area contributed by atoms with Gasteiger partial charge < -0.3 is 10.1 Å². The van der Waals surface area contributed by atoms with Crippen molar-refractivity contribution in [3.05, 3.63) is 16.0 Å². The average Bonchev–Trinajstić information content (AvgIpc) is 2.85. The molecule has 0 saturated carbocycles. The molecule has 7 heteroatoms. The van der Waals surface area contributed by atoms with Crippen molar-refractivity contribution in [2.24, 2.45) is 5.92 Å². The highest BCUT2D eigenvalue weighted by Gasteiger charge is 2.23. The highest BCUT2D eigenvalue weighted by molar-refractivity contribution is 7.18. The van der Waals surface area contributed by atoms with E-state index in [9.17, 15) is 14.9 Å². The highest BCUT2D eigenvalue weighted by atomic mass is 32.1. The molecule has 24 heavy (non-hydrogen) atoms. The molecule has 0 aliphatic carbocycles. The third kappa shape index (κ3) is 4.34. The van der Waals surface area contributed by atoms with Gasteiger partial charge >= 0.3 is 5.97 Å². The fourth-order valence-electron chi connectivity index (χ4n) is 2.72. The van der Waals surface area contributed by atoms with Crippen molar-refractivity contribution >= 4 is 28.2 Å². The number of nitrogens with zero attached hydrogens (tertiary/aromatic N) is 2. The molecule has 130 valence electrons. The summed E-state index contributed by atoms with van der Waals surface area (Å²) < 4.78 is 5.00. The Bertz CT molecular complexity index is 655. The van der Waals surface area contributed by atoms with Gasteiger partial charge in [-0.2, -0.15) is 5.26 Å². The predicted molar refractivity (Wildman–Crippen MR) is 93.2 cm³/mol. The average molecular weight is 349 g/mol. The van der Waals surface area contributed by atoms with E-state index in [1.54, 1.807) is 13.8 Å². The lowest BCUT2D eigenvalue weighted by molar-refractivity contribution is -0.117. The van der Waals surface area contributed by atoms with Crippen molar-refractivity contribution in [1.29, 1.82) is 5.26 Å². The van der Waals surface area contributed by atoms with Gasteiger partial charge in [-0.15, -0.1) is 11.3 Å². The lowest BCUT2D eigenvalue weighted by Crippen LogP contribution is -2.38. The maximum Gasteiger partial charge on any atom is 0.348 e. The number of likely N-dealkylation sites (tertiary alicyclic amines) is 1. The highest BCUT2D eigenvalue weighted by Crippen LogP contribution is 2.33. The number of nitrogens with one attached hydrogen (secondary N) is 1. The van der Waals surface area contributed by atoms with Gasteiger partial charge in [-0.1, -0.05) is 6.92 Å². The van der Waals surface area contributed by atoms with Crippen LogP contribution in [-0.4, -0.2) is 43.0 Å². The summed E-state index contributed by atoms with van der Waals surface area (Å²) >= 11 is 1.10. The molecule has 0 radical (unpaired) electrons. The van der Waals surface area contributed by atoms with Crippen LogP contribution >= 0.6 is 11.3 Å². The van der Waals surface area contributed by atoms with Crippen LogP contribution in [0.3, 0.4) is 0 Å². The number of esters is 1. The quantitative estimate of drug-likeness (QED) is 0.827. The topological polar surface area (TPSA) is 82.4 Å². The van der Waals surface area contributed by atoms with Crippen molar-refractivity contribution in [2.75, 3.05) is 31.6 Å². The Labute approximate surface area is 146 Å². The number of carbonyl (C=O) groups is 2. The molecule has 1 aliphatic heterocycles. The van der Waals surface area contributed by atoms with Crippen LogP contribution in [0, 0.1) is 24.2 Å². The Kier molecular flexibility index (Phi) is 6.35. The standard InChI is InChI=1S/C17H23N3O3S/c1-4-23-17(22)15-12(3)13(9-18)16(24-15)19-14(21)10-20-7-5-11(2)6-8-20/h11H,4-8,10H2,1-3H3,(H,19,21). The number of thiophene rings is 1. The summed E-state index contributed by atoms with van der Waals surface area (Å²) in [7, 11) is 0. The molecule has 2 heterocycles. The number of nitriles is 1. The van der Waals surface area contributed by atoms with E-state index in [0.717, 1.165) is 37.3 Å². The number of rotatable bonds is 5. The van der Waals surface area contributed by atoms with E-state index in [0.29, 0.717) is 33.5 Å². The molecular weight excluding hydrogens is 326 g/mol. The molecule has 6 nitrogen and oxygen atoms in total. The molecule has 0 bridgehead atoms. The van der Waals surface area contributed by atoms with E-state index >= 15 is 0 Å². The number of carbonyl (C=O) groups excluding carboxylic acids is 2.